The van der Waals surface area contributed by atoms with E-state index in [0.29, 0.717) is 0 Å². The summed E-state index contributed by atoms with van der Waals surface area (Å²) in [5, 5.41) is 0.0806. The molecule has 0 aliphatic carbocycles. The van der Waals surface area contributed by atoms with E-state index in [-0.39, 0.29) is 5.38 Å². The van der Waals surface area contributed by atoms with Crippen LogP contribution < -0.4 is 4.74 Å². The molecule has 19 heavy (non-hydrogen) atoms. The highest BCUT2D eigenvalue weighted by Crippen LogP contribution is 2.36. The molecule has 0 saturated carbocycles. The average molecular weight is 360 g/mol. The van der Waals surface area contributed by atoms with E-state index < -0.39 is 0 Å². The standard InChI is InChI=1S/C15H16BrClOS/c1-10-13(16)9-15(19-10)14(17)8-5-11-3-6-12(18-2)7-4-11/h3-4,6-7,9,14H,5,8H2,1-2H3. The van der Waals surface area contributed by atoms with Gasteiger partial charge in [0.1, 0.15) is 5.75 Å². The Hall–Kier alpha value is -0.510. The molecular formula is C15H16BrClOS. The van der Waals surface area contributed by atoms with Crippen molar-refractivity contribution in [1.82, 2.24) is 0 Å². The maximum atomic E-state index is 6.46. The predicted octanol–water partition coefficient (Wildman–Crippen LogP) is 5.74. The first-order valence-electron chi connectivity index (χ1n) is 6.13. The van der Waals surface area contributed by atoms with Gasteiger partial charge in [-0.2, -0.15) is 0 Å². The van der Waals surface area contributed by atoms with Crippen LogP contribution in [-0.2, 0) is 6.42 Å². The number of thiophene rings is 1. The number of aryl methyl sites for hydroxylation is 2. The molecule has 0 saturated heterocycles. The number of ether oxygens (including phenoxy) is 1. The van der Waals surface area contributed by atoms with Crippen LogP contribution in [0.2, 0.25) is 0 Å². The molecule has 2 aromatic rings. The third-order valence-electron chi connectivity index (χ3n) is 3.03. The number of hydrogen-bond donors (Lipinski definition) is 0. The summed E-state index contributed by atoms with van der Waals surface area (Å²) < 4.78 is 6.31. The first-order valence-corrected chi connectivity index (χ1v) is 8.17. The van der Waals surface area contributed by atoms with Gasteiger partial charge >= 0.3 is 0 Å². The summed E-state index contributed by atoms with van der Waals surface area (Å²) in [5.74, 6) is 0.893. The van der Waals surface area contributed by atoms with Gasteiger partial charge in [0, 0.05) is 14.2 Å². The van der Waals surface area contributed by atoms with E-state index >= 15 is 0 Å². The molecule has 0 amide bonds. The molecule has 1 unspecified atom stereocenters. The molecule has 4 heteroatoms. The molecule has 1 aromatic carbocycles. The number of hydrogen-bond acceptors (Lipinski definition) is 2. The van der Waals surface area contributed by atoms with E-state index in [0.717, 1.165) is 23.1 Å². The van der Waals surface area contributed by atoms with Crippen LogP contribution in [0, 0.1) is 6.92 Å². The van der Waals surface area contributed by atoms with Crippen LogP contribution in [0.25, 0.3) is 0 Å². The number of alkyl halides is 1. The summed E-state index contributed by atoms with van der Waals surface area (Å²) in [6.07, 6.45) is 1.92. The fourth-order valence-electron chi connectivity index (χ4n) is 1.86. The maximum absolute atomic E-state index is 6.46. The minimum atomic E-state index is 0.0806. The van der Waals surface area contributed by atoms with Gasteiger partial charge in [-0.25, -0.2) is 0 Å². The molecule has 0 spiro atoms. The summed E-state index contributed by atoms with van der Waals surface area (Å²) in [4.78, 5) is 2.52. The summed E-state index contributed by atoms with van der Waals surface area (Å²) >= 11 is 11.8. The van der Waals surface area contributed by atoms with Crippen LogP contribution in [0.15, 0.2) is 34.8 Å². The lowest BCUT2D eigenvalue weighted by molar-refractivity contribution is 0.414. The van der Waals surface area contributed by atoms with E-state index in [1.807, 2.05) is 12.1 Å². The average Bonchev–Trinajstić information content (AvgIpc) is 2.77. The second-order valence-electron chi connectivity index (χ2n) is 4.41. The first-order chi connectivity index (χ1) is 9.10. The van der Waals surface area contributed by atoms with Crippen molar-refractivity contribution in [2.75, 3.05) is 7.11 Å². The van der Waals surface area contributed by atoms with Gasteiger partial charge in [0.05, 0.1) is 12.5 Å². The number of halogens is 2. The SMILES string of the molecule is COc1ccc(CCC(Cl)c2cc(Br)c(C)s2)cc1. The Balaban J connectivity index is 1.94. The molecule has 2 rings (SSSR count). The van der Waals surface area contributed by atoms with Crippen molar-refractivity contribution in [2.24, 2.45) is 0 Å². The van der Waals surface area contributed by atoms with Gasteiger partial charge < -0.3 is 4.74 Å². The highest BCUT2D eigenvalue weighted by molar-refractivity contribution is 9.10. The lowest BCUT2D eigenvalue weighted by Crippen LogP contribution is -1.92. The van der Waals surface area contributed by atoms with Crippen LogP contribution >= 0.6 is 38.9 Å². The van der Waals surface area contributed by atoms with Crippen LogP contribution in [0.1, 0.15) is 27.1 Å². The number of methoxy groups -OCH3 is 1. The Morgan fingerprint density at radius 1 is 1.32 bits per heavy atom. The van der Waals surface area contributed by atoms with Gasteiger partial charge in [-0.05, 0) is 59.5 Å². The smallest absolute Gasteiger partial charge is 0.118 e. The summed E-state index contributed by atoms with van der Waals surface area (Å²) in [5.41, 5.74) is 1.29. The summed E-state index contributed by atoms with van der Waals surface area (Å²) in [7, 11) is 1.68. The molecule has 1 heterocycles. The third kappa shape index (κ3) is 3.98. The predicted molar refractivity (Wildman–Crippen MR) is 86.7 cm³/mol. The van der Waals surface area contributed by atoms with Crippen molar-refractivity contribution in [3.8, 4) is 5.75 Å². The van der Waals surface area contributed by atoms with Gasteiger partial charge in [0.25, 0.3) is 0 Å². The molecule has 1 aromatic heterocycles. The van der Waals surface area contributed by atoms with Gasteiger partial charge in [0.2, 0.25) is 0 Å². The van der Waals surface area contributed by atoms with E-state index in [1.165, 1.54) is 15.3 Å². The summed E-state index contributed by atoms with van der Waals surface area (Å²) in [6, 6.07) is 10.3. The molecule has 1 atom stereocenters. The third-order valence-corrected chi connectivity index (χ3v) is 5.86. The zero-order chi connectivity index (χ0) is 13.8. The Morgan fingerprint density at radius 3 is 2.53 bits per heavy atom. The largest absolute Gasteiger partial charge is 0.497 e. The van der Waals surface area contributed by atoms with Gasteiger partial charge in [0.15, 0.2) is 0 Å². The minimum absolute atomic E-state index is 0.0806. The maximum Gasteiger partial charge on any atom is 0.118 e. The lowest BCUT2D eigenvalue weighted by Gasteiger charge is -2.07. The minimum Gasteiger partial charge on any atom is -0.497 e. The molecule has 0 bridgehead atoms. The first kappa shape index (κ1) is 14.9. The van der Waals surface area contributed by atoms with Gasteiger partial charge in [-0.3, -0.25) is 0 Å². The van der Waals surface area contributed by atoms with Crippen molar-refractivity contribution in [2.45, 2.75) is 25.1 Å². The topological polar surface area (TPSA) is 9.23 Å². The van der Waals surface area contributed by atoms with Crippen molar-refractivity contribution >= 4 is 38.9 Å². The highest BCUT2D eigenvalue weighted by atomic mass is 79.9. The van der Waals surface area contributed by atoms with Crippen molar-refractivity contribution in [3.05, 3.63) is 50.1 Å². The van der Waals surface area contributed by atoms with E-state index in [2.05, 4.69) is 41.1 Å². The molecule has 0 N–H and O–H groups in total. The van der Waals surface area contributed by atoms with Crippen molar-refractivity contribution in [1.29, 1.82) is 0 Å². The van der Waals surface area contributed by atoms with Crippen LogP contribution in [-0.4, -0.2) is 7.11 Å². The zero-order valence-corrected chi connectivity index (χ0v) is 14.1. The Labute approximate surface area is 131 Å². The van der Waals surface area contributed by atoms with E-state index in [1.54, 1.807) is 18.4 Å². The van der Waals surface area contributed by atoms with Crippen LogP contribution in [0.3, 0.4) is 0 Å². The van der Waals surface area contributed by atoms with Gasteiger partial charge in [-0.1, -0.05) is 12.1 Å². The van der Waals surface area contributed by atoms with Crippen LogP contribution in [0.4, 0.5) is 0 Å². The molecule has 102 valence electrons. The molecule has 0 fully saturated rings. The summed E-state index contributed by atoms with van der Waals surface area (Å²) in [6.45, 7) is 2.10. The molecule has 0 radical (unpaired) electrons. The number of benzene rings is 1. The van der Waals surface area contributed by atoms with Crippen molar-refractivity contribution in [3.63, 3.8) is 0 Å². The second kappa shape index (κ2) is 6.78. The second-order valence-corrected chi connectivity index (χ2v) is 7.08. The molecule has 1 nitrogen and oxygen atoms in total. The lowest BCUT2D eigenvalue weighted by atomic mass is 10.1. The van der Waals surface area contributed by atoms with E-state index in [9.17, 15) is 0 Å². The fraction of sp³-hybridized carbons (Fsp3) is 0.333. The van der Waals surface area contributed by atoms with Gasteiger partial charge in [-0.15, -0.1) is 22.9 Å². The molecule has 0 aliphatic heterocycles. The quantitative estimate of drug-likeness (QED) is 0.618. The Kier molecular flexibility index (Phi) is 5.31. The highest BCUT2D eigenvalue weighted by Gasteiger charge is 2.12. The zero-order valence-electron chi connectivity index (χ0n) is 11.0. The monoisotopic (exact) mass is 358 g/mol. The van der Waals surface area contributed by atoms with E-state index in [4.69, 9.17) is 16.3 Å². The fourth-order valence-corrected chi connectivity index (χ4v) is 3.74. The normalized spacial score (nSPS) is 12.4. The molecule has 0 aliphatic rings. The van der Waals surface area contributed by atoms with Crippen molar-refractivity contribution < 1.29 is 4.74 Å². The Morgan fingerprint density at radius 2 is 2.00 bits per heavy atom. The molecular weight excluding hydrogens is 344 g/mol. The Bertz CT molecular complexity index is 516. The number of rotatable bonds is 5. The van der Waals surface area contributed by atoms with Crippen LogP contribution in [0.5, 0.6) is 5.75 Å².